The summed E-state index contributed by atoms with van der Waals surface area (Å²) >= 11 is 0. The Bertz CT molecular complexity index is 718. The van der Waals surface area contributed by atoms with E-state index in [1.807, 2.05) is 42.8 Å². The molecule has 0 unspecified atom stereocenters. The maximum absolute atomic E-state index is 4.47. The van der Waals surface area contributed by atoms with Crippen LogP contribution in [0, 0.1) is 13.8 Å². The third kappa shape index (κ3) is 2.61. The van der Waals surface area contributed by atoms with Crippen LogP contribution in [0.3, 0.4) is 0 Å². The number of fused-ring (bicyclic) bond motifs is 1. The average molecular weight is 267 g/mol. The van der Waals surface area contributed by atoms with Gasteiger partial charge in [0, 0.05) is 36.8 Å². The number of nitrogens with one attached hydrogen (secondary N) is 1. The first kappa shape index (κ1) is 12.6. The molecule has 0 aliphatic rings. The molecule has 0 saturated heterocycles. The van der Waals surface area contributed by atoms with Gasteiger partial charge in [0.2, 0.25) is 0 Å². The molecule has 0 bridgehead atoms. The van der Waals surface area contributed by atoms with Crippen molar-refractivity contribution in [1.29, 1.82) is 0 Å². The molecule has 5 heteroatoms. The van der Waals surface area contributed by atoms with Crippen LogP contribution in [0.5, 0.6) is 0 Å². The standard InChI is InChI=1S/C15H17N5/c1-11-8-14(20-15(18-11)9-12(2)19-20)17-7-5-13-4-3-6-16-10-13/h3-4,6,8-10,17H,5,7H2,1-2H3. The van der Waals surface area contributed by atoms with E-state index in [9.17, 15) is 0 Å². The zero-order chi connectivity index (χ0) is 13.9. The summed E-state index contributed by atoms with van der Waals surface area (Å²) in [5.74, 6) is 0.976. The summed E-state index contributed by atoms with van der Waals surface area (Å²) < 4.78 is 1.85. The lowest BCUT2D eigenvalue weighted by Crippen LogP contribution is -2.10. The molecule has 3 aromatic heterocycles. The molecule has 3 heterocycles. The van der Waals surface area contributed by atoms with Crippen LogP contribution in [0.4, 0.5) is 5.82 Å². The highest BCUT2D eigenvalue weighted by molar-refractivity contribution is 5.50. The molecule has 0 radical (unpaired) electrons. The van der Waals surface area contributed by atoms with Gasteiger partial charge in [0.05, 0.1) is 5.69 Å². The summed E-state index contributed by atoms with van der Waals surface area (Å²) in [5.41, 5.74) is 4.06. The van der Waals surface area contributed by atoms with Gasteiger partial charge in [-0.15, -0.1) is 0 Å². The Morgan fingerprint density at radius 2 is 2.10 bits per heavy atom. The van der Waals surface area contributed by atoms with Gasteiger partial charge < -0.3 is 5.32 Å². The van der Waals surface area contributed by atoms with Crippen molar-refractivity contribution in [3.05, 3.63) is 53.6 Å². The van der Waals surface area contributed by atoms with Gasteiger partial charge in [-0.3, -0.25) is 4.98 Å². The number of nitrogens with zero attached hydrogens (tertiary/aromatic N) is 4. The minimum Gasteiger partial charge on any atom is -0.370 e. The first-order valence-electron chi connectivity index (χ1n) is 6.69. The molecule has 0 saturated carbocycles. The highest BCUT2D eigenvalue weighted by Gasteiger charge is 2.05. The second-order valence-electron chi connectivity index (χ2n) is 4.88. The Labute approximate surface area is 117 Å². The fourth-order valence-electron chi connectivity index (χ4n) is 2.22. The molecule has 20 heavy (non-hydrogen) atoms. The SMILES string of the molecule is Cc1cc(NCCc2cccnc2)n2nc(C)cc2n1. The third-order valence-corrected chi connectivity index (χ3v) is 3.12. The Kier molecular flexibility index (Phi) is 3.33. The van der Waals surface area contributed by atoms with E-state index in [4.69, 9.17) is 0 Å². The molecule has 3 rings (SSSR count). The van der Waals surface area contributed by atoms with Crippen molar-refractivity contribution in [2.45, 2.75) is 20.3 Å². The van der Waals surface area contributed by atoms with Gasteiger partial charge in [0.25, 0.3) is 0 Å². The zero-order valence-corrected chi connectivity index (χ0v) is 11.7. The van der Waals surface area contributed by atoms with Crippen molar-refractivity contribution < 1.29 is 0 Å². The lowest BCUT2D eigenvalue weighted by Gasteiger charge is -2.09. The summed E-state index contributed by atoms with van der Waals surface area (Å²) in [5, 5.41) is 7.88. The van der Waals surface area contributed by atoms with Crippen LogP contribution in [-0.4, -0.2) is 26.1 Å². The van der Waals surface area contributed by atoms with Crippen molar-refractivity contribution >= 4 is 11.5 Å². The van der Waals surface area contributed by atoms with Crippen molar-refractivity contribution in [2.75, 3.05) is 11.9 Å². The molecule has 0 fully saturated rings. The average Bonchev–Trinajstić information content (AvgIpc) is 2.80. The van der Waals surface area contributed by atoms with E-state index in [-0.39, 0.29) is 0 Å². The normalized spacial score (nSPS) is 10.9. The molecular formula is C15H17N5. The number of anilines is 1. The maximum Gasteiger partial charge on any atom is 0.157 e. The molecule has 5 nitrogen and oxygen atoms in total. The molecule has 0 spiro atoms. The Balaban J connectivity index is 1.77. The Morgan fingerprint density at radius 3 is 2.90 bits per heavy atom. The van der Waals surface area contributed by atoms with Crippen LogP contribution in [0.15, 0.2) is 36.7 Å². The highest BCUT2D eigenvalue weighted by Crippen LogP contribution is 2.13. The molecule has 0 atom stereocenters. The van der Waals surface area contributed by atoms with Crippen LogP contribution in [0.2, 0.25) is 0 Å². The van der Waals surface area contributed by atoms with E-state index in [0.717, 1.165) is 35.8 Å². The number of rotatable bonds is 4. The second kappa shape index (κ2) is 5.28. The van der Waals surface area contributed by atoms with Crippen LogP contribution in [0.1, 0.15) is 17.0 Å². The number of aromatic nitrogens is 4. The van der Waals surface area contributed by atoms with E-state index >= 15 is 0 Å². The monoisotopic (exact) mass is 267 g/mol. The molecule has 3 aromatic rings. The summed E-state index contributed by atoms with van der Waals surface area (Å²) in [6.07, 6.45) is 4.61. The fourth-order valence-corrected chi connectivity index (χ4v) is 2.22. The van der Waals surface area contributed by atoms with Crippen molar-refractivity contribution in [3.63, 3.8) is 0 Å². The lowest BCUT2D eigenvalue weighted by molar-refractivity contribution is 0.891. The zero-order valence-electron chi connectivity index (χ0n) is 11.7. The van der Waals surface area contributed by atoms with Crippen molar-refractivity contribution in [3.8, 4) is 0 Å². The number of hydrogen-bond acceptors (Lipinski definition) is 4. The van der Waals surface area contributed by atoms with Gasteiger partial charge in [-0.1, -0.05) is 6.07 Å². The molecule has 0 aliphatic heterocycles. The van der Waals surface area contributed by atoms with E-state index in [2.05, 4.69) is 26.4 Å². The van der Waals surface area contributed by atoms with Crippen LogP contribution in [-0.2, 0) is 6.42 Å². The third-order valence-electron chi connectivity index (χ3n) is 3.12. The Hall–Kier alpha value is -2.43. The predicted molar refractivity (Wildman–Crippen MR) is 78.9 cm³/mol. The molecular weight excluding hydrogens is 250 g/mol. The van der Waals surface area contributed by atoms with E-state index < -0.39 is 0 Å². The fraction of sp³-hybridized carbons (Fsp3) is 0.267. The van der Waals surface area contributed by atoms with Crippen LogP contribution >= 0.6 is 0 Å². The second-order valence-corrected chi connectivity index (χ2v) is 4.88. The summed E-state index contributed by atoms with van der Waals surface area (Å²) in [6, 6.07) is 8.04. The first-order chi connectivity index (χ1) is 9.72. The van der Waals surface area contributed by atoms with E-state index in [1.54, 1.807) is 6.20 Å². The number of pyridine rings is 1. The summed E-state index contributed by atoms with van der Waals surface area (Å²) in [6.45, 7) is 4.81. The Morgan fingerprint density at radius 1 is 1.20 bits per heavy atom. The summed E-state index contributed by atoms with van der Waals surface area (Å²) in [7, 11) is 0. The minimum absolute atomic E-state index is 0.836. The van der Waals surface area contributed by atoms with Gasteiger partial charge in [0.15, 0.2) is 5.65 Å². The van der Waals surface area contributed by atoms with Gasteiger partial charge in [-0.05, 0) is 31.9 Å². The van der Waals surface area contributed by atoms with E-state index in [0.29, 0.717) is 0 Å². The van der Waals surface area contributed by atoms with Crippen LogP contribution in [0.25, 0.3) is 5.65 Å². The minimum atomic E-state index is 0.836. The molecule has 102 valence electrons. The largest absolute Gasteiger partial charge is 0.370 e. The highest BCUT2D eigenvalue weighted by atomic mass is 15.3. The predicted octanol–water partition coefficient (Wildman–Crippen LogP) is 2.40. The van der Waals surface area contributed by atoms with Crippen LogP contribution < -0.4 is 5.32 Å². The lowest BCUT2D eigenvalue weighted by atomic mass is 10.2. The maximum atomic E-state index is 4.47. The quantitative estimate of drug-likeness (QED) is 0.788. The smallest absolute Gasteiger partial charge is 0.157 e. The number of hydrogen-bond donors (Lipinski definition) is 1. The van der Waals surface area contributed by atoms with Gasteiger partial charge in [-0.25, -0.2) is 4.98 Å². The van der Waals surface area contributed by atoms with Crippen molar-refractivity contribution in [2.24, 2.45) is 0 Å². The summed E-state index contributed by atoms with van der Waals surface area (Å²) in [4.78, 5) is 8.60. The number of aryl methyl sites for hydroxylation is 2. The molecule has 1 N–H and O–H groups in total. The van der Waals surface area contributed by atoms with Gasteiger partial charge in [-0.2, -0.15) is 9.61 Å². The molecule has 0 aromatic carbocycles. The van der Waals surface area contributed by atoms with Gasteiger partial charge in [0.1, 0.15) is 5.82 Å². The van der Waals surface area contributed by atoms with Crippen molar-refractivity contribution in [1.82, 2.24) is 19.6 Å². The first-order valence-corrected chi connectivity index (χ1v) is 6.69. The molecule has 0 aliphatic carbocycles. The van der Waals surface area contributed by atoms with Gasteiger partial charge >= 0.3 is 0 Å². The topological polar surface area (TPSA) is 55.1 Å². The van der Waals surface area contributed by atoms with E-state index in [1.165, 1.54) is 5.56 Å². The molecule has 0 amide bonds.